The Labute approximate surface area is 117 Å². The number of allylic oxidation sites excluding steroid dienone is 3. The first-order chi connectivity index (χ1) is 8.92. The van der Waals surface area contributed by atoms with E-state index in [1.165, 1.54) is 0 Å². The van der Waals surface area contributed by atoms with Crippen molar-refractivity contribution in [3.05, 3.63) is 23.8 Å². The van der Waals surface area contributed by atoms with Crippen LogP contribution in [0.3, 0.4) is 0 Å². The number of carbonyl (C=O) groups is 1. The van der Waals surface area contributed by atoms with Crippen molar-refractivity contribution in [1.82, 2.24) is 0 Å². The fraction of sp³-hybridized carbons (Fsp3) is 0.688. The molecular formula is C16H28O3. The van der Waals surface area contributed by atoms with Gasteiger partial charge in [-0.2, -0.15) is 0 Å². The number of hydrogen-bond donors (Lipinski definition) is 0. The van der Waals surface area contributed by atoms with Crippen molar-refractivity contribution in [2.75, 3.05) is 13.2 Å². The average Bonchev–Trinajstić information content (AvgIpc) is 2.34. The van der Waals surface area contributed by atoms with Crippen LogP contribution in [0.25, 0.3) is 0 Å². The molecule has 0 aromatic rings. The van der Waals surface area contributed by atoms with Crippen LogP contribution in [-0.2, 0) is 14.3 Å². The maximum atomic E-state index is 11.2. The Kier molecular flexibility index (Phi) is 9.44. The molecule has 1 aliphatic carbocycles. The molecule has 110 valence electrons. The van der Waals surface area contributed by atoms with E-state index >= 15 is 0 Å². The first-order valence-corrected chi connectivity index (χ1v) is 7.00. The molecule has 3 heteroatoms. The molecule has 0 bridgehead atoms. The number of hydrogen-bond acceptors (Lipinski definition) is 3. The second kappa shape index (κ2) is 9.93. The van der Waals surface area contributed by atoms with E-state index in [4.69, 9.17) is 9.47 Å². The van der Waals surface area contributed by atoms with E-state index in [-0.39, 0.29) is 12.1 Å². The van der Waals surface area contributed by atoms with Gasteiger partial charge in [-0.3, -0.25) is 4.79 Å². The summed E-state index contributed by atoms with van der Waals surface area (Å²) >= 11 is 0. The summed E-state index contributed by atoms with van der Waals surface area (Å²) in [5.74, 6) is 0.676. The van der Waals surface area contributed by atoms with E-state index in [9.17, 15) is 4.79 Å². The molecule has 0 radical (unpaired) electrons. The Hall–Kier alpha value is -0.930. The quantitative estimate of drug-likeness (QED) is 0.560. The summed E-state index contributed by atoms with van der Waals surface area (Å²) in [4.78, 5) is 11.2. The second-order valence-corrected chi connectivity index (χ2v) is 4.77. The van der Waals surface area contributed by atoms with Crippen molar-refractivity contribution < 1.29 is 14.3 Å². The zero-order valence-corrected chi connectivity index (χ0v) is 13.0. The first-order valence-electron chi connectivity index (χ1n) is 7.00. The van der Waals surface area contributed by atoms with Gasteiger partial charge in [0.1, 0.15) is 0 Å². The highest BCUT2D eigenvalue weighted by Crippen LogP contribution is 2.25. The van der Waals surface area contributed by atoms with E-state index < -0.39 is 0 Å². The third kappa shape index (κ3) is 7.96. The van der Waals surface area contributed by atoms with Gasteiger partial charge in [0.25, 0.3) is 0 Å². The maximum Gasteiger partial charge on any atom is 0.158 e. The molecule has 1 atom stereocenters. The molecule has 0 fully saturated rings. The van der Waals surface area contributed by atoms with Gasteiger partial charge in [0.15, 0.2) is 12.1 Å². The van der Waals surface area contributed by atoms with Crippen molar-refractivity contribution >= 4 is 5.78 Å². The Balaban J connectivity index is 0.000000362. The van der Waals surface area contributed by atoms with Gasteiger partial charge < -0.3 is 9.47 Å². The van der Waals surface area contributed by atoms with Crippen LogP contribution in [-0.4, -0.2) is 25.3 Å². The Morgan fingerprint density at radius 1 is 1.42 bits per heavy atom. The second-order valence-electron chi connectivity index (χ2n) is 4.77. The summed E-state index contributed by atoms with van der Waals surface area (Å²) in [5, 5.41) is 0. The fourth-order valence-corrected chi connectivity index (χ4v) is 1.79. The summed E-state index contributed by atoms with van der Waals surface area (Å²) in [6.07, 6.45) is 3.64. The molecule has 0 saturated carbocycles. The molecule has 0 heterocycles. The first kappa shape index (κ1) is 18.1. The minimum Gasteiger partial charge on any atom is -0.353 e. The monoisotopic (exact) mass is 268 g/mol. The molecule has 3 nitrogen and oxygen atoms in total. The van der Waals surface area contributed by atoms with E-state index in [0.717, 1.165) is 30.8 Å². The average molecular weight is 268 g/mol. The number of ether oxygens (including phenoxy) is 2. The zero-order chi connectivity index (χ0) is 14.8. The highest BCUT2D eigenvalue weighted by molar-refractivity contribution is 5.95. The molecule has 0 aromatic carbocycles. The van der Waals surface area contributed by atoms with Crippen LogP contribution < -0.4 is 0 Å². The fourth-order valence-electron chi connectivity index (χ4n) is 1.79. The number of Topliss-reactive ketones (excluding diaryl/α,β-unsaturated/α-hetero) is 1. The molecular weight excluding hydrogens is 240 g/mol. The van der Waals surface area contributed by atoms with Crippen molar-refractivity contribution in [2.24, 2.45) is 5.92 Å². The van der Waals surface area contributed by atoms with Gasteiger partial charge in [-0.05, 0) is 52.5 Å². The molecule has 0 aliphatic heterocycles. The third-order valence-corrected chi connectivity index (χ3v) is 3.08. The van der Waals surface area contributed by atoms with Crippen LogP contribution in [0.1, 0.15) is 47.5 Å². The highest BCUT2D eigenvalue weighted by Gasteiger charge is 2.19. The van der Waals surface area contributed by atoms with E-state index in [1.54, 1.807) is 0 Å². The molecule has 1 aliphatic rings. The molecule has 0 amide bonds. The molecule has 0 saturated heterocycles. The van der Waals surface area contributed by atoms with Crippen LogP contribution in [0.5, 0.6) is 0 Å². The van der Waals surface area contributed by atoms with Gasteiger partial charge in [-0.1, -0.05) is 18.2 Å². The van der Waals surface area contributed by atoms with Gasteiger partial charge in [0.05, 0.1) is 0 Å². The highest BCUT2D eigenvalue weighted by atomic mass is 16.7. The van der Waals surface area contributed by atoms with Crippen molar-refractivity contribution in [1.29, 1.82) is 0 Å². The predicted molar refractivity (Wildman–Crippen MR) is 79.0 cm³/mol. The van der Waals surface area contributed by atoms with E-state index in [0.29, 0.717) is 12.3 Å². The Morgan fingerprint density at radius 3 is 2.32 bits per heavy atom. The number of ketones is 1. The van der Waals surface area contributed by atoms with Gasteiger partial charge in [-0.15, -0.1) is 0 Å². The standard InChI is InChI=1S/C10H14O.C6H14O2/c1-7(2)9-5-4-8(3)10(11)6-9;1-4-7-6(3)8-5-2/h4,9H,1,5-6H2,2-3H3;6H,4-5H2,1-3H3. The number of rotatable bonds is 5. The van der Waals surface area contributed by atoms with Gasteiger partial charge in [0.2, 0.25) is 0 Å². The molecule has 0 aromatic heterocycles. The summed E-state index contributed by atoms with van der Waals surface area (Å²) in [7, 11) is 0. The smallest absolute Gasteiger partial charge is 0.158 e. The Morgan fingerprint density at radius 2 is 1.95 bits per heavy atom. The predicted octanol–water partition coefficient (Wildman–Crippen LogP) is 3.89. The lowest BCUT2D eigenvalue weighted by atomic mass is 9.85. The van der Waals surface area contributed by atoms with E-state index in [1.807, 2.05) is 40.7 Å². The lowest BCUT2D eigenvalue weighted by Gasteiger charge is -2.18. The minimum absolute atomic E-state index is 0.0370. The normalized spacial score (nSPS) is 18.7. The molecule has 19 heavy (non-hydrogen) atoms. The third-order valence-electron chi connectivity index (χ3n) is 3.08. The van der Waals surface area contributed by atoms with Gasteiger partial charge in [0, 0.05) is 19.6 Å². The lowest BCUT2D eigenvalue weighted by molar-refractivity contribution is -0.123. The van der Waals surface area contributed by atoms with Gasteiger partial charge in [-0.25, -0.2) is 0 Å². The topological polar surface area (TPSA) is 35.5 Å². The van der Waals surface area contributed by atoms with Gasteiger partial charge >= 0.3 is 0 Å². The summed E-state index contributed by atoms with van der Waals surface area (Å²) < 4.78 is 10.1. The largest absolute Gasteiger partial charge is 0.353 e. The summed E-state index contributed by atoms with van der Waals surface area (Å²) in [6.45, 7) is 15.0. The minimum atomic E-state index is -0.0370. The summed E-state index contributed by atoms with van der Waals surface area (Å²) in [5.41, 5.74) is 2.05. The van der Waals surface area contributed by atoms with E-state index in [2.05, 4.69) is 6.58 Å². The van der Waals surface area contributed by atoms with Crippen molar-refractivity contribution in [3.8, 4) is 0 Å². The lowest BCUT2D eigenvalue weighted by Crippen LogP contribution is -2.14. The molecule has 1 unspecified atom stereocenters. The maximum absolute atomic E-state index is 11.2. The molecule has 1 rings (SSSR count). The van der Waals surface area contributed by atoms with Crippen LogP contribution in [0.2, 0.25) is 0 Å². The van der Waals surface area contributed by atoms with Crippen LogP contribution >= 0.6 is 0 Å². The van der Waals surface area contributed by atoms with Crippen molar-refractivity contribution in [2.45, 2.75) is 53.8 Å². The molecule has 0 N–H and O–H groups in total. The Bertz CT molecular complexity index is 312. The SMILES string of the molecule is C=C(C)C1CC=C(C)C(=O)C1.CCOC(C)OCC. The number of carbonyl (C=O) groups excluding carboxylic acids is 1. The molecule has 0 spiro atoms. The van der Waals surface area contributed by atoms with Crippen LogP contribution in [0.15, 0.2) is 23.8 Å². The zero-order valence-electron chi connectivity index (χ0n) is 13.0. The van der Waals surface area contributed by atoms with Crippen LogP contribution in [0.4, 0.5) is 0 Å². The van der Waals surface area contributed by atoms with Crippen molar-refractivity contribution in [3.63, 3.8) is 0 Å². The van der Waals surface area contributed by atoms with Crippen LogP contribution in [0, 0.1) is 5.92 Å². The summed E-state index contributed by atoms with van der Waals surface area (Å²) in [6, 6.07) is 0.